The van der Waals surface area contributed by atoms with Crippen LogP contribution in [-0.2, 0) is 0 Å². The Morgan fingerprint density at radius 2 is 2.00 bits per heavy atom. The van der Waals surface area contributed by atoms with Crippen molar-refractivity contribution >= 4 is 0 Å². The average molecular weight is 170 g/mol. The standard InChI is InChI=1S/C10H22N2/c1-8-9(2)12(5)7-6-10(8,3)11-4/h8-9,11H,6-7H2,1-5H3. The summed E-state index contributed by atoms with van der Waals surface area (Å²) in [7, 11) is 4.30. The molecule has 1 saturated heterocycles. The van der Waals surface area contributed by atoms with Crippen molar-refractivity contribution in [2.75, 3.05) is 20.6 Å². The predicted molar refractivity (Wildman–Crippen MR) is 53.3 cm³/mol. The van der Waals surface area contributed by atoms with Gasteiger partial charge in [0.1, 0.15) is 0 Å². The average Bonchev–Trinajstić information content (AvgIpc) is 2.09. The third-order valence-corrected chi connectivity index (χ3v) is 3.98. The Labute approximate surface area is 76.3 Å². The van der Waals surface area contributed by atoms with Crippen molar-refractivity contribution in [1.29, 1.82) is 0 Å². The van der Waals surface area contributed by atoms with Crippen molar-refractivity contribution in [2.24, 2.45) is 5.92 Å². The molecule has 0 saturated carbocycles. The van der Waals surface area contributed by atoms with Crippen molar-refractivity contribution < 1.29 is 0 Å². The molecular formula is C10H22N2. The first kappa shape index (κ1) is 10.0. The fraction of sp³-hybridized carbons (Fsp3) is 1.00. The third-order valence-electron chi connectivity index (χ3n) is 3.98. The van der Waals surface area contributed by atoms with Crippen molar-refractivity contribution in [2.45, 2.75) is 38.8 Å². The van der Waals surface area contributed by atoms with Crippen molar-refractivity contribution in [3.05, 3.63) is 0 Å². The molecule has 2 heteroatoms. The van der Waals surface area contributed by atoms with Gasteiger partial charge in [-0.15, -0.1) is 0 Å². The summed E-state index contributed by atoms with van der Waals surface area (Å²) >= 11 is 0. The van der Waals surface area contributed by atoms with E-state index in [4.69, 9.17) is 0 Å². The molecule has 1 fully saturated rings. The highest BCUT2D eigenvalue weighted by Crippen LogP contribution is 2.30. The summed E-state index contributed by atoms with van der Waals surface area (Å²) in [5.41, 5.74) is 0.339. The molecule has 3 unspecified atom stereocenters. The topological polar surface area (TPSA) is 15.3 Å². The molecule has 0 aromatic heterocycles. The Bertz CT molecular complexity index is 158. The lowest BCUT2D eigenvalue weighted by Gasteiger charge is -2.47. The van der Waals surface area contributed by atoms with E-state index in [0.29, 0.717) is 11.6 Å². The molecule has 2 nitrogen and oxygen atoms in total. The van der Waals surface area contributed by atoms with Gasteiger partial charge >= 0.3 is 0 Å². The van der Waals surface area contributed by atoms with Gasteiger partial charge in [0, 0.05) is 11.6 Å². The van der Waals surface area contributed by atoms with Crippen molar-refractivity contribution in [3.8, 4) is 0 Å². The summed E-state index contributed by atoms with van der Waals surface area (Å²) in [6.45, 7) is 8.21. The van der Waals surface area contributed by atoms with Crippen LogP contribution in [0.2, 0.25) is 0 Å². The van der Waals surface area contributed by atoms with Crippen molar-refractivity contribution in [3.63, 3.8) is 0 Å². The molecule has 72 valence electrons. The van der Waals surface area contributed by atoms with Crippen LogP contribution in [0.5, 0.6) is 0 Å². The van der Waals surface area contributed by atoms with Gasteiger partial charge in [0.2, 0.25) is 0 Å². The van der Waals surface area contributed by atoms with Gasteiger partial charge in [-0.2, -0.15) is 0 Å². The SMILES string of the molecule is CNC1(C)CCN(C)C(C)C1C. The highest BCUT2D eigenvalue weighted by Gasteiger charge is 2.38. The third kappa shape index (κ3) is 1.50. The van der Waals surface area contributed by atoms with Crippen molar-refractivity contribution in [1.82, 2.24) is 10.2 Å². The lowest BCUT2D eigenvalue weighted by atomic mass is 9.76. The van der Waals surface area contributed by atoms with E-state index in [1.54, 1.807) is 0 Å². The molecule has 12 heavy (non-hydrogen) atoms. The lowest BCUT2D eigenvalue weighted by Crippen LogP contribution is -2.58. The van der Waals surface area contributed by atoms with E-state index in [2.05, 4.69) is 45.1 Å². The number of nitrogens with zero attached hydrogens (tertiary/aromatic N) is 1. The predicted octanol–water partition coefficient (Wildman–Crippen LogP) is 1.32. The summed E-state index contributed by atoms with van der Waals surface area (Å²) in [6.07, 6.45) is 1.26. The van der Waals surface area contributed by atoms with E-state index in [-0.39, 0.29) is 0 Å². The van der Waals surface area contributed by atoms with Gasteiger partial charge in [-0.25, -0.2) is 0 Å². The zero-order chi connectivity index (χ0) is 9.35. The molecule has 1 rings (SSSR count). The fourth-order valence-corrected chi connectivity index (χ4v) is 2.11. The molecule has 0 spiro atoms. The molecule has 0 aliphatic carbocycles. The van der Waals surface area contributed by atoms with Gasteiger partial charge in [0.15, 0.2) is 0 Å². The van der Waals surface area contributed by atoms with E-state index in [9.17, 15) is 0 Å². The van der Waals surface area contributed by atoms with Crippen LogP contribution in [0.25, 0.3) is 0 Å². The molecular weight excluding hydrogens is 148 g/mol. The summed E-state index contributed by atoms with van der Waals surface area (Å²) in [4.78, 5) is 2.45. The summed E-state index contributed by atoms with van der Waals surface area (Å²) in [6, 6.07) is 0.691. The first-order valence-corrected chi connectivity index (χ1v) is 4.90. The van der Waals surface area contributed by atoms with E-state index in [1.165, 1.54) is 13.0 Å². The second-order valence-electron chi connectivity index (χ2n) is 4.43. The minimum atomic E-state index is 0.339. The maximum Gasteiger partial charge on any atom is 0.0202 e. The van der Waals surface area contributed by atoms with Crippen LogP contribution in [0.1, 0.15) is 27.2 Å². The maximum atomic E-state index is 3.45. The quantitative estimate of drug-likeness (QED) is 0.638. The first-order chi connectivity index (χ1) is 5.51. The number of hydrogen-bond acceptors (Lipinski definition) is 2. The Morgan fingerprint density at radius 3 is 2.50 bits per heavy atom. The van der Waals surface area contributed by atoms with Crippen LogP contribution in [0, 0.1) is 5.92 Å². The zero-order valence-corrected chi connectivity index (χ0v) is 9.02. The van der Waals surface area contributed by atoms with Gasteiger partial charge in [-0.3, -0.25) is 0 Å². The Balaban J connectivity index is 2.71. The fourth-order valence-electron chi connectivity index (χ4n) is 2.11. The molecule has 1 N–H and O–H groups in total. The second kappa shape index (κ2) is 3.35. The molecule has 3 atom stereocenters. The van der Waals surface area contributed by atoms with Crippen LogP contribution in [-0.4, -0.2) is 37.1 Å². The molecule has 0 bridgehead atoms. The highest BCUT2D eigenvalue weighted by molar-refractivity contribution is 4.96. The Kier molecular flexibility index (Phi) is 2.79. The summed E-state index contributed by atoms with van der Waals surface area (Å²) < 4.78 is 0. The van der Waals surface area contributed by atoms with Gasteiger partial charge in [0.25, 0.3) is 0 Å². The summed E-state index contributed by atoms with van der Waals surface area (Å²) in [5, 5.41) is 3.45. The molecule has 1 aliphatic rings. The molecule has 1 heterocycles. The minimum Gasteiger partial charge on any atom is -0.314 e. The summed E-state index contributed by atoms with van der Waals surface area (Å²) in [5.74, 6) is 0.723. The second-order valence-corrected chi connectivity index (χ2v) is 4.43. The largest absolute Gasteiger partial charge is 0.314 e. The number of piperidine rings is 1. The number of likely N-dealkylation sites (tertiary alicyclic amines) is 1. The monoisotopic (exact) mass is 170 g/mol. The Hall–Kier alpha value is -0.0800. The zero-order valence-electron chi connectivity index (χ0n) is 9.02. The van der Waals surface area contributed by atoms with Crippen LogP contribution in [0.3, 0.4) is 0 Å². The van der Waals surface area contributed by atoms with E-state index in [0.717, 1.165) is 5.92 Å². The number of nitrogens with one attached hydrogen (secondary N) is 1. The van der Waals surface area contributed by atoms with Crippen LogP contribution in [0.4, 0.5) is 0 Å². The first-order valence-electron chi connectivity index (χ1n) is 4.90. The van der Waals surface area contributed by atoms with Crippen LogP contribution >= 0.6 is 0 Å². The molecule has 0 aromatic carbocycles. The minimum absolute atomic E-state index is 0.339. The van der Waals surface area contributed by atoms with Gasteiger partial charge in [-0.1, -0.05) is 6.92 Å². The van der Waals surface area contributed by atoms with Gasteiger partial charge in [-0.05, 0) is 46.8 Å². The van der Waals surface area contributed by atoms with Crippen LogP contribution in [0.15, 0.2) is 0 Å². The molecule has 0 aromatic rings. The van der Waals surface area contributed by atoms with E-state index in [1.807, 2.05) is 0 Å². The highest BCUT2D eigenvalue weighted by atomic mass is 15.2. The van der Waals surface area contributed by atoms with E-state index >= 15 is 0 Å². The smallest absolute Gasteiger partial charge is 0.0202 e. The molecule has 1 aliphatic heterocycles. The number of hydrogen-bond donors (Lipinski definition) is 1. The van der Waals surface area contributed by atoms with Crippen LogP contribution < -0.4 is 5.32 Å². The van der Waals surface area contributed by atoms with Gasteiger partial charge in [0.05, 0.1) is 0 Å². The van der Waals surface area contributed by atoms with E-state index < -0.39 is 0 Å². The van der Waals surface area contributed by atoms with Gasteiger partial charge < -0.3 is 10.2 Å². The Morgan fingerprint density at radius 1 is 1.42 bits per heavy atom. The normalized spacial score (nSPS) is 44.8. The number of rotatable bonds is 1. The molecule has 0 amide bonds. The maximum absolute atomic E-state index is 3.45. The lowest BCUT2D eigenvalue weighted by molar-refractivity contribution is 0.0605. The molecule has 0 radical (unpaired) electrons.